The number of anilines is 2. The average Bonchev–Trinajstić information content (AvgIpc) is 2.74. The van der Waals surface area contributed by atoms with Crippen LogP contribution in [0.3, 0.4) is 0 Å². The molecular formula is C21H28N6O2. The lowest BCUT2D eigenvalue weighted by Crippen LogP contribution is -2.46. The fraction of sp³-hybridized carbons (Fsp3) is 0.429. The first-order chi connectivity index (χ1) is 14.0. The highest BCUT2D eigenvalue weighted by Crippen LogP contribution is 2.21. The average molecular weight is 396 g/mol. The number of aryl methyl sites for hydroxylation is 1. The van der Waals surface area contributed by atoms with E-state index in [1.165, 1.54) is 0 Å². The van der Waals surface area contributed by atoms with Gasteiger partial charge < -0.3 is 15.5 Å². The van der Waals surface area contributed by atoms with Crippen molar-refractivity contribution < 1.29 is 9.59 Å². The Morgan fingerprint density at radius 2 is 1.90 bits per heavy atom. The molecule has 0 spiro atoms. The first-order valence-corrected chi connectivity index (χ1v) is 9.92. The maximum Gasteiger partial charge on any atom is 0.269 e. The standard InChI is InChI=1S/C21H28N6O2/c1-4-20(28)25-19-13-16(7-8-23-19)14-26-9-11-27(12-10-26)18-6-5-17(21(29)22-3)24-15(18)2/h5-8,13H,4,9-12,14H2,1-3H3,(H,22,29)(H,23,25,28). The third kappa shape index (κ3) is 5.29. The topological polar surface area (TPSA) is 90.5 Å². The number of amides is 2. The van der Waals surface area contributed by atoms with Crippen molar-refractivity contribution in [2.75, 3.05) is 43.4 Å². The van der Waals surface area contributed by atoms with E-state index in [1.807, 2.05) is 32.0 Å². The summed E-state index contributed by atoms with van der Waals surface area (Å²) in [4.78, 5) is 36.7. The highest BCUT2D eigenvalue weighted by atomic mass is 16.2. The highest BCUT2D eigenvalue weighted by Gasteiger charge is 2.20. The number of hydrogen-bond donors (Lipinski definition) is 2. The smallest absolute Gasteiger partial charge is 0.269 e. The molecule has 1 aliphatic heterocycles. The third-order valence-electron chi connectivity index (χ3n) is 5.05. The Bertz CT molecular complexity index is 877. The number of hydrogen-bond acceptors (Lipinski definition) is 6. The molecule has 2 aromatic heterocycles. The molecule has 1 saturated heterocycles. The molecule has 0 saturated carbocycles. The van der Waals surface area contributed by atoms with Crippen LogP contribution in [0.4, 0.5) is 11.5 Å². The molecule has 0 aliphatic carbocycles. The van der Waals surface area contributed by atoms with Crippen LogP contribution in [0.5, 0.6) is 0 Å². The van der Waals surface area contributed by atoms with Crippen molar-refractivity contribution in [1.29, 1.82) is 0 Å². The zero-order valence-electron chi connectivity index (χ0n) is 17.2. The monoisotopic (exact) mass is 396 g/mol. The molecule has 8 nitrogen and oxygen atoms in total. The molecule has 154 valence electrons. The molecule has 0 aromatic carbocycles. The maximum atomic E-state index is 11.7. The van der Waals surface area contributed by atoms with Gasteiger partial charge in [-0.1, -0.05) is 6.92 Å². The van der Waals surface area contributed by atoms with Gasteiger partial charge in [0.25, 0.3) is 5.91 Å². The van der Waals surface area contributed by atoms with Gasteiger partial charge in [-0.15, -0.1) is 0 Å². The van der Waals surface area contributed by atoms with Crippen LogP contribution in [-0.2, 0) is 11.3 Å². The Labute approximate surface area is 171 Å². The Kier molecular flexibility index (Phi) is 6.77. The molecule has 2 amide bonds. The minimum absolute atomic E-state index is 0.0327. The number of aromatic nitrogens is 2. The summed E-state index contributed by atoms with van der Waals surface area (Å²) in [5.74, 6) is 0.400. The predicted molar refractivity (Wildman–Crippen MR) is 113 cm³/mol. The van der Waals surface area contributed by atoms with Crippen LogP contribution in [0.1, 0.15) is 35.1 Å². The fourth-order valence-corrected chi connectivity index (χ4v) is 3.42. The van der Waals surface area contributed by atoms with E-state index in [4.69, 9.17) is 0 Å². The summed E-state index contributed by atoms with van der Waals surface area (Å²) in [6, 6.07) is 7.68. The molecule has 0 radical (unpaired) electrons. The van der Waals surface area contributed by atoms with Gasteiger partial charge in [0.05, 0.1) is 11.4 Å². The summed E-state index contributed by atoms with van der Waals surface area (Å²) in [6.07, 6.45) is 2.17. The van der Waals surface area contributed by atoms with Crippen molar-refractivity contribution in [3.63, 3.8) is 0 Å². The SMILES string of the molecule is CCC(=O)Nc1cc(CN2CCN(c3ccc(C(=O)NC)nc3C)CC2)ccn1. The molecule has 2 aromatic rings. The summed E-state index contributed by atoms with van der Waals surface area (Å²) in [7, 11) is 1.61. The van der Waals surface area contributed by atoms with Crippen LogP contribution in [0.15, 0.2) is 30.5 Å². The van der Waals surface area contributed by atoms with Gasteiger partial charge >= 0.3 is 0 Å². The quantitative estimate of drug-likeness (QED) is 0.774. The second-order valence-electron chi connectivity index (χ2n) is 7.09. The van der Waals surface area contributed by atoms with Crippen molar-refractivity contribution in [2.45, 2.75) is 26.8 Å². The Balaban J connectivity index is 1.58. The number of nitrogens with one attached hydrogen (secondary N) is 2. The van der Waals surface area contributed by atoms with Crippen molar-refractivity contribution in [3.05, 3.63) is 47.4 Å². The predicted octanol–water partition coefficient (Wildman–Crippen LogP) is 1.82. The van der Waals surface area contributed by atoms with E-state index in [0.717, 1.165) is 49.7 Å². The highest BCUT2D eigenvalue weighted by molar-refractivity contribution is 5.92. The van der Waals surface area contributed by atoms with Crippen LogP contribution >= 0.6 is 0 Å². The van der Waals surface area contributed by atoms with Gasteiger partial charge in [-0.25, -0.2) is 9.97 Å². The molecule has 1 fully saturated rings. The Morgan fingerprint density at radius 1 is 1.14 bits per heavy atom. The van der Waals surface area contributed by atoms with Gasteiger partial charge in [-0.05, 0) is 36.8 Å². The zero-order valence-corrected chi connectivity index (χ0v) is 17.2. The van der Waals surface area contributed by atoms with E-state index in [0.29, 0.717) is 17.9 Å². The summed E-state index contributed by atoms with van der Waals surface area (Å²) < 4.78 is 0. The van der Waals surface area contributed by atoms with E-state index < -0.39 is 0 Å². The van der Waals surface area contributed by atoms with Crippen molar-refractivity contribution in [2.24, 2.45) is 0 Å². The lowest BCUT2D eigenvalue weighted by Gasteiger charge is -2.36. The number of piperazine rings is 1. The van der Waals surface area contributed by atoms with Crippen LogP contribution in [0.2, 0.25) is 0 Å². The number of pyridine rings is 2. The molecule has 1 aliphatic rings. The van der Waals surface area contributed by atoms with Crippen LogP contribution in [-0.4, -0.2) is 59.9 Å². The van der Waals surface area contributed by atoms with E-state index in [1.54, 1.807) is 19.3 Å². The normalized spacial score (nSPS) is 14.5. The van der Waals surface area contributed by atoms with E-state index in [-0.39, 0.29) is 11.8 Å². The molecule has 29 heavy (non-hydrogen) atoms. The lowest BCUT2D eigenvalue weighted by atomic mass is 10.2. The first-order valence-electron chi connectivity index (χ1n) is 9.92. The van der Waals surface area contributed by atoms with Gasteiger partial charge in [0.15, 0.2) is 0 Å². The van der Waals surface area contributed by atoms with Crippen molar-refractivity contribution >= 4 is 23.3 Å². The second kappa shape index (κ2) is 9.47. The molecule has 0 atom stereocenters. The minimum atomic E-state index is -0.170. The van der Waals surface area contributed by atoms with E-state index >= 15 is 0 Å². The van der Waals surface area contributed by atoms with Gasteiger partial charge in [0.2, 0.25) is 5.91 Å². The van der Waals surface area contributed by atoms with Crippen LogP contribution in [0, 0.1) is 6.92 Å². The number of nitrogens with zero attached hydrogens (tertiary/aromatic N) is 4. The van der Waals surface area contributed by atoms with Crippen molar-refractivity contribution in [3.8, 4) is 0 Å². The van der Waals surface area contributed by atoms with Gasteiger partial charge in [0, 0.05) is 52.4 Å². The largest absolute Gasteiger partial charge is 0.368 e. The maximum absolute atomic E-state index is 11.7. The van der Waals surface area contributed by atoms with Crippen molar-refractivity contribution in [1.82, 2.24) is 20.2 Å². The summed E-state index contributed by atoms with van der Waals surface area (Å²) >= 11 is 0. The second-order valence-corrected chi connectivity index (χ2v) is 7.09. The molecule has 2 N–H and O–H groups in total. The molecule has 3 rings (SSSR count). The fourth-order valence-electron chi connectivity index (χ4n) is 3.42. The molecule has 3 heterocycles. The van der Waals surface area contributed by atoms with Gasteiger partial charge in [-0.3, -0.25) is 14.5 Å². The van der Waals surface area contributed by atoms with E-state index in [9.17, 15) is 9.59 Å². The number of carbonyl (C=O) groups is 2. The molecule has 0 unspecified atom stereocenters. The lowest BCUT2D eigenvalue weighted by molar-refractivity contribution is -0.115. The Hall–Kier alpha value is -3.00. The van der Waals surface area contributed by atoms with E-state index in [2.05, 4.69) is 30.4 Å². The third-order valence-corrected chi connectivity index (χ3v) is 5.05. The summed E-state index contributed by atoms with van der Waals surface area (Å²) in [5, 5.41) is 5.41. The molecule has 0 bridgehead atoms. The summed E-state index contributed by atoms with van der Waals surface area (Å²) in [5.41, 5.74) is 3.51. The van der Waals surface area contributed by atoms with Crippen LogP contribution in [0.25, 0.3) is 0 Å². The van der Waals surface area contributed by atoms with Gasteiger partial charge in [-0.2, -0.15) is 0 Å². The minimum Gasteiger partial charge on any atom is -0.368 e. The molecular weight excluding hydrogens is 368 g/mol. The van der Waals surface area contributed by atoms with Crippen LogP contribution < -0.4 is 15.5 Å². The first kappa shape index (κ1) is 20.7. The summed E-state index contributed by atoms with van der Waals surface area (Å²) in [6.45, 7) is 8.22. The molecule has 8 heteroatoms. The Morgan fingerprint density at radius 3 is 2.55 bits per heavy atom. The number of carbonyl (C=O) groups excluding carboxylic acids is 2. The zero-order chi connectivity index (χ0) is 20.8. The van der Waals surface area contributed by atoms with Gasteiger partial charge in [0.1, 0.15) is 11.5 Å². The number of rotatable bonds is 6.